The lowest BCUT2D eigenvalue weighted by atomic mass is 9.92. The van der Waals surface area contributed by atoms with Gasteiger partial charge in [0.25, 0.3) is 0 Å². The lowest BCUT2D eigenvalue weighted by Crippen LogP contribution is -2.03. The zero-order valence-electron chi connectivity index (χ0n) is 20.0. The van der Waals surface area contributed by atoms with E-state index in [9.17, 15) is 4.79 Å². The van der Waals surface area contributed by atoms with Crippen LogP contribution in [-0.4, -0.2) is 5.78 Å². The van der Waals surface area contributed by atoms with Crippen LogP contribution in [-0.2, 0) is 11.2 Å². The molecule has 0 radical (unpaired) electrons. The second-order valence-corrected chi connectivity index (χ2v) is 10.0. The second kappa shape index (κ2) is 12.4. The molecule has 170 valence electrons. The number of nitrogens with two attached hydrogens (primary N) is 1. The number of thiophene rings is 1. The van der Waals surface area contributed by atoms with E-state index >= 15 is 0 Å². The number of Topliss-reactive ketones (excluding diaryl/α,β-unsaturated/α-hetero) is 1. The van der Waals surface area contributed by atoms with E-state index in [4.69, 9.17) is 5.73 Å². The highest BCUT2D eigenvalue weighted by molar-refractivity contribution is 7.09. The molecular weight excluding hydrogens is 410 g/mol. The molecule has 0 amide bonds. The lowest BCUT2D eigenvalue weighted by molar-refractivity contribution is -0.113. The zero-order valence-corrected chi connectivity index (χ0v) is 20.8. The Morgan fingerprint density at radius 3 is 2.25 bits per heavy atom. The van der Waals surface area contributed by atoms with Crippen LogP contribution in [0.3, 0.4) is 0 Å². The Kier molecular flexibility index (Phi) is 9.93. The maximum atomic E-state index is 11.9. The molecule has 1 fully saturated rings. The first kappa shape index (κ1) is 25.6. The van der Waals surface area contributed by atoms with Gasteiger partial charge in [-0.1, -0.05) is 69.0 Å². The Labute approximate surface area is 198 Å². The van der Waals surface area contributed by atoms with Crippen LogP contribution in [0.2, 0.25) is 0 Å². The maximum absolute atomic E-state index is 11.9. The molecule has 0 spiro atoms. The summed E-state index contributed by atoms with van der Waals surface area (Å²) in [5, 5.41) is 2.08. The molecule has 0 unspecified atom stereocenters. The van der Waals surface area contributed by atoms with Crippen LogP contribution in [0.1, 0.15) is 62.0 Å². The van der Waals surface area contributed by atoms with Crippen molar-refractivity contribution < 1.29 is 4.79 Å². The SMILES string of the molecule is C=C(C(C)=O)/C(=C/C(=C\N)Cc1ccc(C(C)C)cc1)CC(=C)C1CC1.Cc1cccs1. The molecule has 2 nitrogen and oxygen atoms in total. The van der Waals surface area contributed by atoms with Crippen LogP contribution in [0.5, 0.6) is 0 Å². The van der Waals surface area contributed by atoms with E-state index < -0.39 is 0 Å². The summed E-state index contributed by atoms with van der Waals surface area (Å²) in [6.07, 6.45) is 7.50. The van der Waals surface area contributed by atoms with Crippen LogP contribution < -0.4 is 5.73 Å². The summed E-state index contributed by atoms with van der Waals surface area (Å²) >= 11 is 1.78. The first-order chi connectivity index (χ1) is 15.2. The topological polar surface area (TPSA) is 43.1 Å². The third-order valence-corrected chi connectivity index (χ3v) is 6.48. The minimum atomic E-state index is -0.00231. The van der Waals surface area contributed by atoms with Gasteiger partial charge in [0.2, 0.25) is 0 Å². The Bertz CT molecular complexity index is 971. The summed E-state index contributed by atoms with van der Waals surface area (Å²) in [5.74, 6) is 1.12. The number of hydrogen-bond donors (Lipinski definition) is 1. The molecule has 32 heavy (non-hydrogen) atoms. The quantitative estimate of drug-likeness (QED) is 0.243. The van der Waals surface area contributed by atoms with Crippen molar-refractivity contribution in [3.8, 4) is 0 Å². The third kappa shape index (κ3) is 8.47. The number of ketones is 1. The Balaban J connectivity index is 0.000000520. The normalized spacial score (nSPS) is 14.0. The fourth-order valence-electron chi connectivity index (χ4n) is 3.35. The molecule has 1 saturated carbocycles. The smallest absolute Gasteiger partial charge is 0.159 e. The van der Waals surface area contributed by atoms with Crippen molar-refractivity contribution in [3.63, 3.8) is 0 Å². The molecular formula is C29H37NOS. The standard InChI is InChI=1S/C24H31NO.C5H6S/c1-16(2)22-8-6-20(7-9-22)13-21(15-25)14-24(18(4)19(5)26)12-17(3)23-10-11-23;1-5-3-2-4-6-5/h6-9,14-16,23H,3-4,10-13,25H2,1-2,5H3;2-4H,1H3/b21-15-,24-14+;. The predicted octanol–water partition coefficient (Wildman–Crippen LogP) is 7.68. The molecule has 2 aromatic rings. The van der Waals surface area contributed by atoms with Gasteiger partial charge in [-0.25, -0.2) is 0 Å². The molecule has 2 N–H and O–H groups in total. The Morgan fingerprint density at radius 2 is 1.84 bits per heavy atom. The second-order valence-electron chi connectivity index (χ2n) is 8.85. The highest BCUT2D eigenvalue weighted by atomic mass is 32.1. The molecule has 1 aromatic heterocycles. The Morgan fingerprint density at radius 1 is 1.19 bits per heavy atom. The fraction of sp³-hybridized carbons (Fsp3) is 0.345. The number of allylic oxidation sites excluding steroid dienone is 5. The monoisotopic (exact) mass is 447 g/mol. The number of rotatable bonds is 9. The number of aryl methyl sites for hydroxylation is 1. The van der Waals surface area contributed by atoms with Crippen molar-refractivity contribution in [2.75, 3.05) is 0 Å². The minimum absolute atomic E-state index is 0.00231. The van der Waals surface area contributed by atoms with Crippen molar-refractivity contribution in [1.82, 2.24) is 0 Å². The average molecular weight is 448 g/mol. The first-order valence-corrected chi connectivity index (χ1v) is 12.2. The van der Waals surface area contributed by atoms with Gasteiger partial charge in [0.05, 0.1) is 0 Å². The van der Waals surface area contributed by atoms with Crippen LogP contribution in [0.25, 0.3) is 0 Å². The summed E-state index contributed by atoms with van der Waals surface area (Å²) in [7, 11) is 0. The van der Waals surface area contributed by atoms with Gasteiger partial charge < -0.3 is 5.73 Å². The van der Waals surface area contributed by atoms with Gasteiger partial charge in [0, 0.05) is 10.5 Å². The van der Waals surface area contributed by atoms with Gasteiger partial charge in [-0.3, -0.25) is 4.79 Å². The van der Waals surface area contributed by atoms with E-state index in [2.05, 4.69) is 75.7 Å². The van der Waals surface area contributed by atoms with Crippen molar-refractivity contribution in [2.45, 2.75) is 59.3 Å². The first-order valence-electron chi connectivity index (χ1n) is 11.3. The largest absolute Gasteiger partial charge is 0.404 e. The molecule has 0 atom stereocenters. The van der Waals surface area contributed by atoms with E-state index in [1.54, 1.807) is 24.5 Å². The van der Waals surface area contributed by atoms with Crippen molar-refractivity contribution in [1.29, 1.82) is 0 Å². The van der Waals surface area contributed by atoms with Crippen LogP contribution in [0.4, 0.5) is 0 Å². The van der Waals surface area contributed by atoms with Crippen LogP contribution in [0.15, 0.2) is 89.5 Å². The van der Waals surface area contributed by atoms with Crippen molar-refractivity contribution in [2.24, 2.45) is 11.7 Å². The van der Waals surface area contributed by atoms with E-state index in [0.717, 1.165) is 17.6 Å². The highest BCUT2D eigenvalue weighted by Gasteiger charge is 2.25. The summed E-state index contributed by atoms with van der Waals surface area (Å²) < 4.78 is 0. The Hall–Kier alpha value is -2.65. The van der Waals surface area contributed by atoms with Gasteiger partial charge in [0.1, 0.15) is 0 Å². The van der Waals surface area contributed by atoms with E-state index in [1.807, 2.05) is 6.08 Å². The summed E-state index contributed by atoms with van der Waals surface area (Å²) in [6, 6.07) is 12.8. The molecule has 3 heteroatoms. The lowest BCUT2D eigenvalue weighted by Gasteiger charge is -2.13. The molecule has 1 aliphatic carbocycles. The van der Waals surface area contributed by atoms with Gasteiger partial charge in [0.15, 0.2) is 5.78 Å². The third-order valence-electron chi connectivity index (χ3n) is 5.68. The van der Waals surface area contributed by atoms with E-state index in [1.165, 1.54) is 34.4 Å². The molecule has 1 aromatic carbocycles. The summed E-state index contributed by atoms with van der Waals surface area (Å²) in [5.41, 5.74) is 12.1. The minimum Gasteiger partial charge on any atom is -0.404 e. The fourth-order valence-corrected chi connectivity index (χ4v) is 3.88. The average Bonchev–Trinajstić information content (AvgIpc) is 3.52. The van der Waals surface area contributed by atoms with Gasteiger partial charge in [-0.2, -0.15) is 0 Å². The molecule has 0 aliphatic heterocycles. The number of hydrogen-bond acceptors (Lipinski definition) is 3. The van der Waals surface area contributed by atoms with Crippen molar-refractivity contribution in [3.05, 3.63) is 106 Å². The van der Waals surface area contributed by atoms with Gasteiger partial charge in [-0.15, -0.1) is 11.3 Å². The number of benzene rings is 1. The number of carbonyl (C=O) groups is 1. The molecule has 0 bridgehead atoms. The molecule has 0 saturated heterocycles. The highest BCUT2D eigenvalue weighted by Crippen LogP contribution is 2.39. The summed E-state index contributed by atoms with van der Waals surface area (Å²) in [4.78, 5) is 13.2. The number of carbonyl (C=O) groups excluding carboxylic acids is 1. The van der Waals surface area contributed by atoms with Crippen molar-refractivity contribution >= 4 is 17.1 Å². The van der Waals surface area contributed by atoms with Crippen LogP contribution in [0, 0.1) is 12.8 Å². The van der Waals surface area contributed by atoms with Gasteiger partial charge >= 0.3 is 0 Å². The predicted molar refractivity (Wildman–Crippen MR) is 140 cm³/mol. The van der Waals surface area contributed by atoms with E-state index in [-0.39, 0.29) is 5.78 Å². The van der Waals surface area contributed by atoms with Crippen LogP contribution >= 0.6 is 11.3 Å². The van der Waals surface area contributed by atoms with E-state index in [0.29, 0.717) is 23.8 Å². The summed E-state index contributed by atoms with van der Waals surface area (Å²) in [6.45, 7) is 16.2. The zero-order chi connectivity index (χ0) is 23.7. The molecule has 1 aliphatic rings. The molecule has 1 heterocycles. The van der Waals surface area contributed by atoms with Gasteiger partial charge in [-0.05, 0) is 91.3 Å². The maximum Gasteiger partial charge on any atom is 0.159 e. The molecule has 3 rings (SSSR count).